The molecule has 0 spiro atoms. The molecule has 134 valence electrons. The van der Waals surface area contributed by atoms with Gasteiger partial charge in [-0.05, 0) is 37.8 Å². The van der Waals surface area contributed by atoms with E-state index in [0.717, 1.165) is 24.2 Å². The Morgan fingerprint density at radius 1 is 1.36 bits per heavy atom. The van der Waals surface area contributed by atoms with Crippen molar-refractivity contribution in [2.75, 3.05) is 13.1 Å². The number of nitrogens with one attached hydrogen (secondary N) is 2. The molecule has 2 heterocycles. The van der Waals surface area contributed by atoms with Crippen LogP contribution in [-0.2, 0) is 31.2 Å². The lowest BCUT2D eigenvalue weighted by Crippen LogP contribution is -2.43. The van der Waals surface area contributed by atoms with Crippen molar-refractivity contribution in [2.45, 2.75) is 39.3 Å². The number of aromatic nitrogens is 2. The first-order valence-electron chi connectivity index (χ1n) is 8.77. The molecule has 0 saturated carbocycles. The number of fused-ring (bicyclic) bond motifs is 1. The Morgan fingerprint density at radius 3 is 2.88 bits per heavy atom. The Bertz CT molecular complexity index is 821. The lowest BCUT2D eigenvalue weighted by molar-refractivity contribution is -0.123. The Morgan fingerprint density at radius 2 is 2.12 bits per heavy atom. The summed E-state index contributed by atoms with van der Waals surface area (Å²) >= 11 is 0. The molecule has 1 aliphatic rings. The smallest absolute Gasteiger partial charge is 0.267 e. The zero-order valence-electron chi connectivity index (χ0n) is 15.1. The van der Waals surface area contributed by atoms with Gasteiger partial charge >= 0.3 is 0 Å². The topological polar surface area (TPSA) is 70.1 Å². The average molecular weight is 342 g/mol. The summed E-state index contributed by atoms with van der Waals surface area (Å²) in [6.07, 6.45) is 1.52. The third kappa shape index (κ3) is 4.02. The number of aryl methyl sites for hydroxylation is 2. The predicted octanol–water partition coefficient (Wildman–Crippen LogP) is 1.13. The zero-order chi connectivity index (χ0) is 18.0. The van der Waals surface area contributed by atoms with Crippen molar-refractivity contribution in [1.82, 2.24) is 20.0 Å². The molecule has 0 bridgehead atoms. The maximum Gasteiger partial charge on any atom is 0.267 e. The molecular formula is C19H26N4O2. The summed E-state index contributed by atoms with van der Waals surface area (Å²) in [5.41, 5.74) is 4.35. The van der Waals surface area contributed by atoms with E-state index in [1.165, 1.54) is 11.1 Å². The largest absolute Gasteiger partial charge is 0.352 e. The first-order chi connectivity index (χ1) is 11.9. The maximum absolute atomic E-state index is 12.4. The number of amides is 1. The van der Waals surface area contributed by atoms with Crippen LogP contribution in [0, 0.1) is 6.92 Å². The molecule has 0 fully saturated rings. The number of hydrogen-bond acceptors (Lipinski definition) is 3. The minimum absolute atomic E-state index is 0.00606. The minimum Gasteiger partial charge on any atom is -0.352 e. The first kappa shape index (κ1) is 17.5. The van der Waals surface area contributed by atoms with Crippen molar-refractivity contribution in [3.05, 3.63) is 57.0 Å². The second kappa shape index (κ2) is 7.27. The van der Waals surface area contributed by atoms with E-state index in [1.807, 2.05) is 26.1 Å². The van der Waals surface area contributed by atoms with E-state index < -0.39 is 0 Å². The normalized spacial score (nSPS) is 15.6. The Labute approximate surface area is 147 Å². The number of aromatic amines is 1. The van der Waals surface area contributed by atoms with Crippen LogP contribution in [0.25, 0.3) is 0 Å². The van der Waals surface area contributed by atoms with E-state index in [9.17, 15) is 9.59 Å². The predicted molar refractivity (Wildman–Crippen MR) is 97.5 cm³/mol. The summed E-state index contributed by atoms with van der Waals surface area (Å²) < 4.78 is 1.77. The molecule has 6 nitrogen and oxygen atoms in total. The van der Waals surface area contributed by atoms with E-state index >= 15 is 0 Å². The highest BCUT2D eigenvalue weighted by atomic mass is 16.2. The lowest BCUT2D eigenvalue weighted by Gasteiger charge is -2.27. The molecule has 1 aromatic heterocycles. The van der Waals surface area contributed by atoms with Crippen LogP contribution in [0.3, 0.4) is 0 Å². The Kier molecular flexibility index (Phi) is 5.08. The summed E-state index contributed by atoms with van der Waals surface area (Å²) in [6.45, 7) is 5.85. The van der Waals surface area contributed by atoms with E-state index in [4.69, 9.17) is 0 Å². The molecule has 6 heteroatoms. The number of hydrogen-bond donors (Lipinski definition) is 2. The van der Waals surface area contributed by atoms with Crippen molar-refractivity contribution in [1.29, 1.82) is 0 Å². The van der Waals surface area contributed by atoms with Crippen LogP contribution in [-0.4, -0.2) is 39.7 Å². The molecule has 1 aromatic carbocycles. The second-order valence-corrected chi connectivity index (χ2v) is 6.99. The Balaban J connectivity index is 1.54. The monoisotopic (exact) mass is 342 g/mol. The number of benzene rings is 1. The van der Waals surface area contributed by atoms with Gasteiger partial charge in [0.25, 0.3) is 5.56 Å². The van der Waals surface area contributed by atoms with Crippen molar-refractivity contribution in [3.8, 4) is 0 Å². The van der Waals surface area contributed by atoms with Crippen molar-refractivity contribution < 1.29 is 4.79 Å². The standard InChI is InChI=1S/C19H26N4O2/c1-13-6-4-5-7-15(13)10-14(2)20-18(24)12-23-9-8-16-17(11-23)22(3)21-19(16)25/h4-7,14H,8-12H2,1-3H3,(H,20,24)(H,21,25). The fourth-order valence-electron chi connectivity index (χ4n) is 3.52. The summed E-state index contributed by atoms with van der Waals surface area (Å²) in [4.78, 5) is 26.2. The molecule has 1 amide bonds. The molecular weight excluding hydrogens is 316 g/mol. The fraction of sp³-hybridized carbons (Fsp3) is 0.474. The lowest BCUT2D eigenvalue weighted by atomic mass is 10.0. The third-order valence-electron chi connectivity index (χ3n) is 4.91. The SMILES string of the molecule is Cc1ccccc1CC(C)NC(=O)CN1CCc2c(n(C)[nH]c2=O)C1. The summed E-state index contributed by atoms with van der Waals surface area (Å²) in [6, 6.07) is 8.35. The second-order valence-electron chi connectivity index (χ2n) is 6.99. The molecule has 1 unspecified atom stereocenters. The highest BCUT2D eigenvalue weighted by Crippen LogP contribution is 2.14. The van der Waals surface area contributed by atoms with Crippen LogP contribution >= 0.6 is 0 Å². The molecule has 3 rings (SSSR count). The molecule has 2 aromatic rings. The molecule has 2 N–H and O–H groups in total. The van der Waals surface area contributed by atoms with E-state index in [-0.39, 0.29) is 17.5 Å². The first-order valence-corrected chi connectivity index (χ1v) is 8.77. The molecule has 1 atom stereocenters. The van der Waals surface area contributed by atoms with Gasteiger partial charge in [0.15, 0.2) is 0 Å². The van der Waals surface area contributed by atoms with Crippen LogP contribution in [0.5, 0.6) is 0 Å². The quantitative estimate of drug-likeness (QED) is 0.856. The van der Waals surface area contributed by atoms with Gasteiger partial charge in [0.05, 0.1) is 12.2 Å². The van der Waals surface area contributed by atoms with Crippen molar-refractivity contribution >= 4 is 5.91 Å². The summed E-state index contributed by atoms with van der Waals surface area (Å²) in [5, 5.41) is 5.88. The van der Waals surface area contributed by atoms with Gasteiger partial charge in [-0.15, -0.1) is 0 Å². The highest BCUT2D eigenvalue weighted by molar-refractivity contribution is 5.78. The van der Waals surface area contributed by atoms with Gasteiger partial charge < -0.3 is 5.32 Å². The minimum atomic E-state index is -0.00606. The number of carbonyl (C=O) groups excluding carboxylic acids is 1. The van der Waals surface area contributed by atoms with Gasteiger partial charge in [-0.3, -0.25) is 24.3 Å². The van der Waals surface area contributed by atoms with Crippen LogP contribution in [0.4, 0.5) is 0 Å². The van der Waals surface area contributed by atoms with E-state index in [1.54, 1.807) is 4.68 Å². The number of nitrogens with zero attached hydrogens (tertiary/aromatic N) is 2. The highest BCUT2D eigenvalue weighted by Gasteiger charge is 2.23. The zero-order valence-corrected chi connectivity index (χ0v) is 15.1. The molecule has 0 saturated heterocycles. The van der Waals surface area contributed by atoms with E-state index in [0.29, 0.717) is 19.5 Å². The average Bonchev–Trinajstić information content (AvgIpc) is 2.83. The van der Waals surface area contributed by atoms with Gasteiger partial charge in [-0.1, -0.05) is 24.3 Å². The summed E-state index contributed by atoms with van der Waals surface area (Å²) in [7, 11) is 1.84. The van der Waals surface area contributed by atoms with Gasteiger partial charge in [-0.25, -0.2) is 0 Å². The maximum atomic E-state index is 12.4. The van der Waals surface area contributed by atoms with Crippen LogP contribution in [0.15, 0.2) is 29.1 Å². The van der Waals surface area contributed by atoms with Gasteiger partial charge in [0, 0.05) is 31.7 Å². The van der Waals surface area contributed by atoms with Gasteiger partial charge in [0.2, 0.25) is 5.91 Å². The van der Waals surface area contributed by atoms with Crippen molar-refractivity contribution in [3.63, 3.8) is 0 Å². The fourth-order valence-corrected chi connectivity index (χ4v) is 3.52. The molecule has 0 aliphatic carbocycles. The van der Waals surface area contributed by atoms with Gasteiger partial charge in [0.1, 0.15) is 0 Å². The van der Waals surface area contributed by atoms with Crippen molar-refractivity contribution in [2.24, 2.45) is 7.05 Å². The number of H-pyrrole nitrogens is 1. The Hall–Kier alpha value is -2.34. The molecule has 1 aliphatic heterocycles. The molecule has 0 radical (unpaired) electrons. The summed E-state index contributed by atoms with van der Waals surface area (Å²) in [5.74, 6) is 0.0325. The van der Waals surface area contributed by atoms with Crippen LogP contribution in [0.2, 0.25) is 0 Å². The van der Waals surface area contributed by atoms with Gasteiger partial charge in [-0.2, -0.15) is 0 Å². The molecule has 25 heavy (non-hydrogen) atoms. The number of rotatable bonds is 5. The van der Waals surface area contributed by atoms with Crippen LogP contribution < -0.4 is 10.9 Å². The third-order valence-corrected chi connectivity index (χ3v) is 4.91. The van der Waals surface area contributed by atoms with Crippen LogP contribution in [0.1, 0.15) is 29.3 Å². The number of carbonyl (C=O) groups is 1. The van der Waals surface area contributed by atoms with E-state index in [2.05, 4.69) is 34.4 Å².